The van der Waals surface area contributed by atoms with E-state index >= 15 is 8.78 Å². The van der Waals surface area contributed by atoms with Gasteiger partial charge in [0.05, 0.1) is 43.9 Å². The Morgan fingerprint density at radius 3 is 2.39 bits per heavy atom. The summed E-state index contributed by atoms with van der Waals surface area (Å²) in [5, 5.41) is 23.5. The van der Waals surface area contributed by atoms with Crippen LogP contribution in [-0.4, -0.2) is 78.9 Å². The molecule has 0 aliphatic carbocycles. The molecule has 3 heterocycles. The molecule has 2 fully saturated rings. The van der Waals surface area contributed by atoms with Crippen molar-refractivity contribution in [3.63, 3.8) is 0 Å². The van der Waals surface area contributed by atoms with E-state index in [1.165, 1.54) is 16.5 Å². The zero-order chi connectivity index (χ0) is 37.9. The van der Waals surface area contributed by atoms with Gasteiger partial charge in [-0.15, -0.1) is 5.10 Å². The lowest BCUT2D eigenvalue weighted by Crippen LogP contribution is -2.41. The van der Waals surface area contributed by atoms with Crippen LogP contribution in [0.4, 0.5) is 25.1 Å². The lowest BCUT2D eigenvalue weighted by atomic mass is 9.85. The van der Waals surface area contributed by atoms with Gasteiger partial charge in [0.15, 0.2) is 5.82 Å². The number of ether oxygens (including phenoxy) is 3. The Kier molecular flexibility index (Phi) is 13.5. The Hall–Kier alpha value is -4.55. The maximum absolute atomic E-state index is 15.8. The highest BCUT2D eigenvalue weighted by molar-refractivity contribution is 5.97. The Labute approximate surface area is 316 Å². The number of morpholine rings is 1. The average molecular weight is 746 g/mol. The maximum atomic E-state index is 15.8. The fraction of sp³-hybridized carbons (Fsp3) is 0.500. The van der Waals surface area contributed by atoms with Crippen LogP contribution in [0.2, 0.25) is 0 Å². The van der Waals surface area contributed by atoms with Gasteiger partial charge >= 0.3 is 6.09 Å². The first-order valence-corrected chi connectivity index (χ1v) is 19.3. The van der Waals surface area contributed by atoms with Gasteiger partial charge in [0.25, 0.3) is 5.92 Å². The maximum Gasteiger partial charge on any atom is 0.407 e. The summed E-state index contributed by atoms with van der Waals surface area (Å²) in [7, 11) is 0. The molecule has 1 aromatic heterocycles. The van der Waals surface area contributed by atoms with Gasteiger partial charge in [-0.25, -0.2) is 13.6 Å². The molecule has 6 rings (SSSR count). The Bertz CT molecular complexity index is 1820. The largest absolute Gasteiger partial charge is 0.491 e. The number of likely N-dealkylation sites (tertiary alicyclic amines) is 1. The van der Waals surface area contributed by atoms with E-state index in [-0.39, 0.29) is 37.5 Å². The highest BCUT2D eigenvalue weighted by Crippen LogP contribution is 2.43. The number of alkyl halides is 2. The fourth-order valence-electron chi connectivity index (χ4n) is 7.33. The number of rotatable bonds is 17. The van der Waals surface area contributed by atoms with Crippen molar-refractivity contribution < 1.29 is 32.9 Å². The number of hydrogen-bond acceptors (Lipinski definition) is 8. The third-order valence-corrected chi connectivity index (χ3v) is 10.6. The molecule has 2 aliphatic heterocycles. The number of carboxylic acid groups (broad SMARTS) is 1. The number of piperidine rings is 1. The second kappa shape index (κ2) is 18.7. The topological polar surface area (TPSA) is 109 Å². The summed E-state index contributed by atoms with van der Waals surface area (Å²) in [6.07, 6.45) is 4.48. The number of nitrogens with zero attached hydrogens (tertiary/aromatic N) is 4. The predicted octanol–water partition coefficient (Wildman–Crippen LogP) is 8.98. The first-order valence-electron chi connectivity index (χ1n) is 19.3. The van der Waals surface area contributed by atoms with Crippen molar-refractivity contribution in [1.82, 2.24) is 15.1 Å². The Balaban J connectivity index is 1.10. The number of carbonyl (C=O) groups is 1. The Morgan fingerprint density at radius 1 is 0.926 bits per heavy atom. The highest BCUT2D eigenvalue weighted by atomic mass is 19.3. The van der Waals surface area contributed by atoms with Crippen LogP contribution in [0.3, 0.4) is 0 Å². The number of anilines is 2. The van der Waals surface area contributed by atoms with Gasteiger partial charge in [-0.2, -0.15) is 5.10 Å². The van der Waals surface area contributed by atoms with E-state index in [2.05, 4.69) is 44.7 Å². The van der Waals surface area contributed by atoms with E-state index in [1.807, 2.05) is 38.1 Å². The van der Waals surface area contributed by atoms with Crippen molar-refractivity contribution in [3.05, 3.63) is 89.1 Å². The van der Waals surface area contributed by atoms with Crippen LogP contribution in [0.25, 0.3) is 10.8 Å². The molecule has 1 amide bonds. The van der Waals surface area contributed by atoms with Gasteiger partial charge in [-0.05, 0) is 68.9 Å². The molecule has 4 aromatic rings. The summed E-state index contributed by atoms with van der Waals surface area (Å²) >= 11 is 0. The van der Waals surface area contributed by atoms with Crippen molar-refractivity contribution >= 4 is 28.4 Å². The molecule has 10 nitrogen and oxygen atoms in total. The van der Waals surface area contributed by atoms with Crippen LogP contribution in [0.5, 0.6) is 5.75 Å². The minimum absolute atomic E-state index is 0.0634. The number of halogens is 2. The molecular formula is C42H53F2N5O5. The Morgan fingerprint density at radius 2 is 1.65 bits per heavy atom. The minimum atomic E-state index is -3.09. The molecule has 54 heavy (non-hydrogen) atoms. The molecule has 3 aromatic carbocycles. The van der Waals surface area contributed by atoms with Crippen LogP contribution in [0.1, 0.15) is 80.3 Å². The van der Waals surface area contributed by atoms with Crippen molar-refractivity contribution in [2.45, 2.75) is 77.4 Å². The quantitative estimate of drug-likeness (QED) is 0.102. The van der Waals surface area contributed by atoms with E-state index in [0.29, 0.717) is 37.8 Å². The summed E-state index contributed by atoms with van der Waals surface area (Å²) in [6.45, 7) is 8.82. The number of nitrogens with one attached hydrogen (secondary N) is 1. The van der Waals surface area contributed by atoms with Gasteiger partial charge in [-0.3, -0.25) is 0 Å². The van der Waals surface area contributed by atoms with Crippen molar-refractivity contribution in [2.24, 2.45) is 5.92 Å². The van der Waals surface area contributed by atoms with Gasteiger partial charge in [0.2, 0.25) is 0 Å². The van der Waals surface area contributed by atoms with Crippen LogP contribution in [-0.2, 0) is 22.0 Å². The van der Waals surface area contributed by atoms with Gasteiger partial charge in [0, 0.05) is 55.0 Å². The van der Waals surface area contributed by atoms with Crippen molar-refractivity contribution in [3.8, 4) is 5.75 Å². The molecule has 0 unspecified atom stereocenters. The molecule has 2 saturated heterocycles. The third-order valence-electron chi connectivity index (χ3n) is 10.6. The van der Waals surface area contributed by atoms with Crippen molar-refractivity contribution in [1.29, 1.82) is 0 Å². The SMILES string of the molecule is Cc1nnc(N[C@H](C)c2cccc(C(F)(F)C3CCN(C(=O)O)CC3)c2)c2cc(N3CCOCC3)c(OCCCCCCCOCc3ccccc3)cc12. The smallest absolute Gasteiger partial charge is 0.407 e. The van der Waals surface area contributed by atoms with Gasteiger partial charge in [0.1, 0.15) is 5.75 Å². The van der Waals surface area contributed by atoms with Gasteiger partial charge < -0.3 is 34.4 Å². The molecule has 1 atom stereocenters. The molecule has 2 aliphatic rings. The molecule has 2 N–H and O–H groups in total. The van der Waals surface area contributed by atoms with E-state index in [0.717, 1.165) is 79.7 Å². The number of aryl methyl sites for hydroxylation is 1. The minimum Gasteiger partial charge on any atom is -0.491 e. The van der Waals surface area contributed by atoms with Crippen LogP contribution in [0.15, 0.2) is 66.7 Å². The van der Waals surface area contributed by atoms with E-state index in [4.69, 9.17) is 14.2 Å². The molecule has 290 valence electrons. The summed E-state index contributed by atoms with van der Waals surface area (Å²) in [6, 6.07) is 20.6. The van der Waals surface area contributed by atoms with Crippen LogP contribution in [0, 0.1) is 12.8 Å². The summed E-state index contributed by atoms with van der Waals surface area (Å²) in [5.74, 6) is -2.64. The zero-order valence-electron chi connectivity index (χ0n) is 31.4. The van der Waals surface area contributed by atoms with Crippen LogP contribution < -0.4 is 15.0 Å². The lowest BCUT2D eigenvalue weighted by molar-refractivity contribution is -0.0836. The molecule has 12 heteroatoms. The second-order valence-electron chi connectivity index (χ2n) is 14.4. The molecule has 0 spiro atoms. The molecule has 0 saturated carbocycles. The normalized spacial score (nSPS) is 16.1. The van der Waals surface area contributed by atoms with Gasteiger partial charge in [-0.1, -0.05) is 67.8 Å². The number of hydrogen-bond donors (Lipinski definition) is 2. The number of unbranched alkanes of at least 4 members (excludes halogenated alkanes) is 4. The number of amides is 1. The first kappa shape index (κ1) is 39.2. The van der Waals surface area contributed by atoms with E-state index < -0.39 is 17.9 Å². The number of aromatic nitrogens is 2. The van der Waals surface area contributed by atoms with Crippen LogP contribution >= 0.6 is 0 Å². The summed E-state index contributed by atoms with van der Waals surface area (Å²) < 4.78 is 49.5. The lowest BCUT2D eigenvalue weighted by Gasteiger charge is -2.35. The summed E-state index contributed by atoms with van der Waals surface area (Å²) in [4.78, 5) is 14.8. The fourth-order valence-corrected chi connectivity index (χ4v) is 7.33. The monoisotopic (exact) mass is 745 g/mol. The molecule has 0 bridgehead atoms. The second-order valence-corrected chi connectivity index (χ2v) is 14.4. The molecular weight excluding hydrogens is 692 g/mol. The van der Waals surface area contributed by atoms with E-state index in [9.17, 15) is 9.90 Å². The number of fused-ring (bicyclic) bond motifs is 1. The number of benzene rings is 3. The van der Waals surface area contributed by atoms with E-state index in [1.54, 1.807) is 12.1 Å². The zero-order valence-corrected chi connectivity index (χ0v) is 31.4. The summed E-state index contributed by atoms with van der Waals surface area (Å²) in [5.41, 5.74) is 3.57. The first-order chi connectivity index (χ1) is 26.2. The van der Waals surface area contributed by atoms with Crippen molar-refractivity contribution in [2.75, 3.05) is 62.8 Å². The standard InChI is InChI=1S/C42H53F2N5O5/c1-30(33-14-11-15-35(26-33)42(43,44)34-16-18-49(19-17-34)41(50)51)45-40-37-27-38(48-20-24-52-25-21-48)39(28-36(37)31(2)46-47-40)54-23-10-5-3-4-9-22-53-29-32-12-7-6-8-13-32/h6-8,11-15,26-28,30,34H,3-5,9-10,16-25,29H2,1-2H3,(H,45,47)(H,50,51)/t30-/m1/s1. The molecule has 0 radical (unpaired) electrons. The average Bonchev–Trinajstić information content (AvgIpc) is 3.20. The highest BCUT2D eigenvalue weighted by Gasteiger charge is 2.43. The predicted molar refractivity (Wildman–Crippen MR) is 207 cm³/mol. The third kappa shape index (κ3) is 9.95.